The first-order valence-corrected chi connectivity index (χ1v) is 14.7. The minimum atomic E-state index is -3.12. The van der Waals surface area contributed by atoms with Gasteiger partial charge in [-0.25, -0.2) is 38.4 Å². The van der Waals surface area contributed by atoms with Crippen LogP contribution < -0.4 is 10.2 Å². The van der Waals surface area contributed by atoms with E-state index in [1.165, 1.54) is 0 Å². The number of rotatable bonds is 7. The van der Waals surface area contributed by atoms with E-state index in [9.17, 15) is 18.7 Å². The summed E-state index contributed by atoms with van der Waals surface area (Å²) in [5.41, 5.74) is -0.575. The second kappa shape index (κ2) is 8.18. The molecule has 4 aliphatic heterocycles. The Bertz CT molecular complexity index is 915. The summed E-state index contributed by atoms with van der Waals surface area (Å²) >= 11 is 0. The second-order valence-corrected chi connectivity index (χ2v) is 16.4. The Kier molecular flexibility index (Phi) is 6.60. The molecule has 3 N–H and O–H groups in total. The van der Waals surface area contributed by atoms with Gasteiger partial charge in [0.15, 0.2) is 0 Å². The molecule has 4 heterocycles. The highest BCUT2D eigenvalue weighted by Gasteiger charge is 2.66. The van der Waals surface area contributed by atoms with Gasteiger partial charge in [-0.05, 0) is 62.3 Å². The fourth-order valence-electron chi connectivity index (χ4n) is 4.08. The maximum Gasteiger partial charge on any atom is 0.414 e. The summed E-state index contributed by atoms with van der Waals surface area (Å²) in [6.07, 6.45) is -1.83. The van der Waals surface area contributed by atoms with Crippen molar-refractivity contribution in [3.8, 4) is 0 Å². The SMILES string of the molecule is CC1(C)CN1P(=O)(NC(=O)O)N1CC1(C)C.CCOC(=O)NP(=O)(N1CC1(C)C)N1CC1(C)C. The predicted molar refractivity (Wildman–Crippen MR) is 130 cm³/mol. The topological polar surface area (TPSA) is 134 Å². The average molecular weight is 523 g/mol. The molecule has 0 saturated carbocycles. The summed E-state index contributed by atoms with van der Waals surface area (Å²) in [6, 6.07) is 0. The highest BCUT2D eigenvalue weighted by molar-refractivity contribution is 7.58. The van der Waals surface area contributed by atoms with Gasteiger partial charge in [-0.1, -0.05) is 0 Å². The van der Waals surface area contributed by atoms with Crippen molar-refractivity contribution in [1.29, 1.82) is 0 Å². The summed E-state index contributed by atoms with van der Waals surface area (Å²) in [6.45, 7) is 20.7. The zero-order valence-corrected chi connectivity index (χ0v) is 23.5. The number of carbonyl (C=O) groups is 2. The summed E-state index contributed by atoms with van der Waals surface area (Å²) in [4.78, 5) is 22.4. The van der Waals surface area contributed by atoms with E-state index in [-0.39, 0.29) is 28.8 Å². The maximum atomic E-state index is 13.1. The molecule has 4 fully saturated rings. The van der Waals surface area contributed by atoms with Crippen molar-refractivity contribution >= 4 is 27.4 Å². The number of carbonyl (C=O) groups excluding carboxylic acids is 1. The highest BCUT2D eigenvalue weighted by atomic mass is 31.2. The molecule has 0 spiro atoms. The Morgan fingerprint density at radius 2 is 1.00 bits per heavy atom. The average Bonchev–Trinajstić information content (AvgIpc) is 3.57. The lowest BCUT2D eigenvalue weighted by Crippen LogP contribution is -2.31. The number of ether oxygens (including phenoxy) is 1. The Balaban J connectivity index is 0.000000192. The molecule has 0 aliphatic carbocycles. The number of carboxylic acid groups (broad SMARTS) is 1. The standard InChI is InChI=1S/C11H22N3O3P.C9H18N3O3P/c1-6-17-9(15)12-18(16,13-7-10(13,2)3)14-8-11(14,4)5;1-8(2)5-11(8)16(15,10-7(13)14)12-6-9(12,3)4/h6-8H2,1-5H3,(H,12,15,16);5-6H2,1-4H3,(H,10,15)(H,13,14). The van der Waals surface area contributed by atoms with Crippen LogP contribution in [0.5, 0.6) is 0 Å². The molecule has 0 radical (unpaired) electrons. The van der Waals surface area contributed by atoms with Gasteiger partial charge in [0.25, 0.3) is 0 Å². The van der Waals surface area contributed by atoms with Gasteiger partial charge in [0.2, 0.25) is 0 Å². The van der Waals surface area contributed by atoms with Gasteiger partial charge in [0, 0.05) is 48.3 Å². The lowest BCUT2D eigenvalue weighted by atomic mass is 10.2. The molecule has 4 aliphatic rings. The molecule has 4 unspecified atom stereocenters. The van der Waals surface area contributed by atoms with Crippen LogP contribution in [0.4, 0.5) is 9.59 Å². The smallest absolute Gasteiger partial charge is 0.414 e. The van der Waals surface area contributed by atoms with E-state index in [0.717, 1.165) is 13.1 Å². The molecule has 0 bridgehead atoms. The zero-order chi connectivity index (χ0) is 26.1. The maximum absolute atomic E-state index is 13.1. The van der Waals surface area contributed by atoms with E-state index in [0.29, 0.717) is 13.1 Å². The molecular formula is C20H40N6O6P2. The third-order valence-electron chi connectivity index (χ3n) is 6.59. The van der Waals surface area contributed by atoms with E-state index in [1.807, 2.05) is 64.7 Å². The van der Waals surface area contributed by atoms with Crippen molar-refractivity contribution < 1.29 is 28.6 Å². The highest BCUT2D eigenvalue weighted by Crippen LogP contribution is 2.68. The Morgan fingerprint density at radius 3 is 1.21 bits per heavy atom. The van der Waals surface area contributed by atoms with Crippen LogP contribution in [0.25, 0.3) is 0 Å². The van der Waals surface area contributed by atoms with Gasteiger partial charge in [-0.15, -0.1) is 0 Å². The van der Waals surface area contributed by atoms with Gasteiger partial charge < -0.3 is 9.84 Å². The van der Waals surface area contributed by atoms with E-state index in [1.54, 1.807) is 16.3 Å². The lowest BCUT2D eigenvalue weighted by molar-refractivity contribution is 0.157. The normalized spacial score (nSPS) is 35.7. The van der Waals surface area contributed by atoms with Crippen LogP contribution in [0.1, 0.15) is 62.3 Å². The van der Waals surface area contributed by atoms with Crippen molar-refractivity contribution in [2.45, 2.75) is 84.5 Å². The first-order chi connectivity index (χ1) is 15.2. The molecule has 34 heavy (non-hydrogen) atoms. The lowest BCUT2D eigenvalue weighted by Gasteiger charge is -2.25. The zero-order valence-electron chi connectivity index (χ0n) is 21.7. The molecule has 4 saturated heterocycles. The molecule has 14 heteroatoms. The molecular weight excluding hydrogens is 482 g/mol. The fraction of sp³-hybridized carbons (Fsp3) is 0.900. The monoisotopic (exact) mass is 522 g/mol. The van der Waals surface area contributed by atoms with Crippen molar-refractivity contribution in [3.05, 3.63) is 0 Å². The van der Waals surface area contributed by atoms with Crippen LogP contribution in [0, 0.1) is 0 Å². The number of amides is 2. The second-order valence-electron chi connectivity index (χ2n) is 11.8. The molecule has 4 rings (SSSR count). The molecule has 0 aromatic heterocycles. The van der Waals surface area contributed by atoms with Crippen molar-refractivity contribution in [3.63, 3.8) is 0 Å². The number of hydrogen-bond donors (Lipinski definition) is 3. The molecule has 196 valence electrons. The van der Waals surface area contributed by atoms with E-state index in [2.05, 4.69) is 10.2 Å². The van der Waals surface area contributed by atoms with Gasteiger partial charge in [0.05, 0.1) is 6.61 Å². The van der Waals surface area contributed by atoms with E-state index in [4.69, 9.17) is 9.84 Å². The van der Waals surface area contributed by atoms with Crippen LogP contribution >= 0.6 is 15.2 Å². The Morgan fingerprint density at radius 1 is 0.735 bits per heavy atom. The van der Waals surface area contributed by atoms with Crippen LogP contribution in [0.2, 0.25) is 0 Å². The first-order valence-electron chi connectivity index (χ1n) is 11.5. The van der Waals surface area contributed by atoms with Gasteiger partial charge >= 0.3 is 27.4 Å². The molecule has 2 amide bonds. The van der Waals surface area contributed by atoms with Crippen LogP contribution in [-0.4, -0.2) is 90.9 Å². The molecule has 12 nitrogen and oxygen atoms in total. The summed E-state index contributed by atoms with van der Waals surface area (Å²) in [5, 5.41) is 13.6. The molecule has 0 aromatic rings. The Hall–Kier alpha value is -1.16. The quantitative estimate of drug-likeness (QED) is 0.336. The fourth-order valence-corrected chi connectivity index (χ4v) is 10.7. The third-order valence-corrected chi connectivity index (χ3v) is 12.9. The molecule has 0 aromatic carbocycles. The third kappa shape index (κ3) is 5.32. The van der Waals surface area contributed by atoms with Gasteiger partial charge in [0.1, 0.15) is 0 Å². The largest absolute Gasteiger partial charge is 0.465 e. The van der Waals surface area contributed by atoms with Crippen LogP contribution in [-0.2, 0) is 13.9 Å². The van der Waals surface area contributed by atoms with Gasteiger partial charge in [-0.3, -0.25) is 9.13 Å². The number of nitrogens with zero attached hydrogens (tertiary/aromatic N) is 4. The van der Waals surface area contributed by atoms with Crippen LogP contribution in [0.3, 0.4) is 0 Å². The summed E-state index contributed by atoms with van der Waals surface area (Å²) in [7, 11) is -6.15. The van der Waals surface area contributed by atoms with Crippen molar-refractivity contribution in [2.75, 3.05) is 32.8 Å². The number of nitrogens with one attached hydrogen (secondary N) is 2. The van der Waals surface area contributed by atoms with Crippen molar-refractivity contribution in [1.82, 2.24) is 28.9 Å². The first kappa shape index (κ1) is 27.4. The summed E-state index contributed by atoms with van der Waals surface area (Å²) < 4.78 is 37.9. The van der Waals surface area contributed by atoms with Gasteiger partial charge in [-0.2, -0.15) is 0 Å². The minimum absolute atomic E-state index is 0.117. The Labute approximate surface area is 202 Å². The van der Waals surface area contributed by atoms with E-state index < -0.39 is 27.4 Å². The minimum Gasteiger partial charge on any atom is -0.465 e. The van der Waals surface area contributed by atoms with Crippen LogP contribution in [0.15, 0.2) is 0 Å². The van der Waals surface area contributed by atoms with E-state index >= 15 is 0 Å². The van der Waals surface area contributed by atoms with Crippen molar-refractivity contribution in [2.24, 2.45) is 0 Å². The molecule has 4 atom stereocenters. The predicted octanol–water partition coefficient (Wildman–Crippen LogP) is 3.58. The summed E-state index contributed by atoms with van der Waals surface area (Å²) in [5.74, 6) is 0. The number of hydrogen-bond acceptors (Lipinski definition) is 5.